The molecule has 0 aromatic heterocycles. The van der Waals surface area contributed by atoms with E-state index in [1.807, 2.05) is 72.4 Å². The summed E-state index contributed by atoms with van der Waals surface area (Å²) in [6.45, 7) is 0. The summed E-state index contributed by atoms with van der Waals surface area (Å²) in [4.78, 5) is 22.0. The third kappa shape index (κ3) is 7.02. The Morgan fingerprint density at radius 1 is 0.486 bits per heavy atom. The largest absolute Gasteiger partial charge is 0.298 e. The third-order valence-corrected chi connectivity index (χ3v) is 6.66. The molecule has 0 atom stereocenters. The summed E-state index contributed by atoms with van der Waals surface area (Å²) in [5.74, 6) is 1.68. The Morgan fingerprint density at radius 3 is 1.17 bits per heavy atom. The molecular formula is C32H26O2S. The number of thioether (sulfide) groups is 1. The predicted octanol–water partition coefficient (Wildman–Crippen LogP) is 7.83. The molecule has 0 saturated heterocycles. The minimum absolute atomic E-state index is 0.677. The summed E-state index contributed by atoms with van der Waals surface area (Å²) in [5, 5.41) is 0. The summed E-state index contributed by atoms with van der Waals surface area (Å²) in [6.07, 6.45) is 6.12. The van der Waals surface area contributed by atoms with Crippen LogP contribution in [0.4, 0.5) is 0 Å². The zero-order valence-corrected chi connectivity index (χ0v) is 20.2. The molecule has 4 aromatic carbocycles. The lowest BCUT2D eigenvalue weighted by atomic mass is 10.0. The summed E-state index contributed by atoms with van der Waals surface area (Å²) < 4.78 is 0. The number of carbonyl (C=O) groups excluding carboxylic acids is 2. The van der Waals surface area contributed by atoms with E-state index in [1.54, 1.807) is 0 Å². The number of hydrogen-bond acceptors (Lipinski definition) is 3. The molecule has 0 aliphatic carbocycles. The predicted molar refractivity (Wildman–Crippen MR) is 150 cm³/mol. The van der Waals surface area contributed by atoms with Crippen LogP contribution in [0, 0.1) is 0 Å². The molecule has 35 heavy (non-hydrogen) atoms. The van der Waals surface area contributed by atoms with Gasteiger partial charge in [0.2, 0.25) is 0 Å². The van der Waals surface area contributed by atoms with Gasteiger partial charge in [0.25, 0.3) is 0 Å². The molecule has 2 nitrogen and oxygen atoms in total. The zero-order valence-electron chi connectivity index (χ0n) is 19.3. The highest BCUT2D eigenvalue weighted by molar-refractivity contribution is 8.00. The van der Waals surface area contributed by atoms with Gasteiger partial charge >= 0.3 is 0 Å². The molecule has 0 amide bonds. The van der Waals surface area contributed by atoms with Crippen LogP contribution in [0.1, 0.15) is 43.0 Å². The van der Waals surface area contributed by atoms with Crippen molar-refractivity contribution in [1.29, 1.82) is 0 Å². The molecule has 0 heterocycles. The Hall–Kier alpha value is -3.95. The van der Waals surface area contributed by atoms with Crippen LogP contribution >= 0.6 is 11.8 Å². The van der Waals surface area contributed by atoms with E-state index in [0.29, 0.717) is 11.1 Å². The fraction of sp³-hybridized carbons (Fsp3) is 0.0625. The molecule has 0 spiro atoms. The smallest absolute Gasteiger partial charge is 0.150 e. The second-order valence-corrected chi connectivity index (χ2v) is 9.12. The Bertz CT molecular complexity index is 1200. The summed E-state index contributed by atoms with van der Waals surface area (Å²) in [6, 6.07) is 36.1. The fourth-order valence-electron chi connectivity index (χ4n) is 3.74. The van der Waals surface area contributed by atoms with Crippen molar-refractivity contribution in [2.45, 2.75) is 0 Å². The maximum Gasteiger partial charge on any atom is 0.150 e. The van der Waals surface area contributed by atoms with Gasteiger partial charge in [0.05, 0.1) is 0 Å². The van der Waals surface area contributed by atoms with Crippen LogP contribution in [0.2, 0.25) is 0 Å². The highest BCUT2D eigenvalue weighted by Crippen LogP contribution is 2.28. The van der Waals surface area contributed by atoms with E-state index >= 15 is 0 Å². The van der Waals surface area contributed by atoms with Crippen molar-refractivity contribution < 1.29 is 9.59 Å². The Morgan fingerprint density at radius 2 is 0.829 bits per heavy atom. The molecule has 0 N–H and O–H groups in total. The standard InChI is InChI=1S/C32H26O2S/c33-21-27-15-11-25(12-16-27)19-31(29-7-3-1-4-8-29)23-35-24-32(30-9-5-2-6-10-30)20-26-13-17-28(22-34)18-14-26/h1-22H,23-24H2. The molecule has 4 rings (SSSR count). The third-order valence-electron chi connectivity index (χ3n) is 5.63. The van der Waals surface area contributed by atoms with Crippen molar-refractivity contribution in [2.75, 3.05) is 11.5 Å². The van der Waals surface area contributed by atoms with E-state index in [0.717, 1.165) is 35.2 Å². The quantitative estimate of drug-likeness (QED) is 0.173. The normalized spacial score (nSPS) is 11.8. The van der Waals surface area contributed by atoms with Crippen LogP contribution in [0.25, 0.3) is 23.3 Å². The molecule has 172 valence electrons. The fourth-order valence-corrected chi connectivity index (χ4v) is 4.78. The van der Waals surface area contributed by atoms with E-state index in [4.69, 9.17) is 0 Å². The molecule has 0 aliphatic heterocycles. The van der Waals surface area contributed by atoms with Crippen LogP contribution in [0.5, 0.6) is 0 Å². The van der Waals surface area contributed by atoms with Gasteiger partial charge in [-0.25, -0.2) is 0 Å². The molecule has 0 saturated carbocycles. The topological polar surface area (TPSA) is 34.1 Å². The van der Waals surface area contributed by atoms with Crippen LogP contribution in [-0.4, -0.2) is 24.1 Å². The van der Waals surface area contributed by atoms with Gasteiger partial charge in [0, 0.05) is 22.6 Å². The molecule has 3 heteroatoms. The number of aldehydes is 2. The van der Waals surface area contributed by atoms with Crippen molar-refractivity contribution in [3.8, 4) is 0 Å². The Labute approximate surface area is 211 Å². The molecule has 4 aromatic rings. The minimum atomic E-state index is 0.677. The molecular weight excluding hydrogens is 448 g/mol. The van der Waals surface area contributed by atoms with Gasteiger partial charge in [-0.1, -0.05) is 121 Å². The Balaban J connectivity index is 1.57. The number of rotatable bonds is 10. The monoisotopic (exact) mass is 474 g/mol. The van der Waals surface area contributed by atoms with Crippen LogP contribution in [0.3, 0.4) is 0 Å². The molecule has 0 fully saturated rings. The second-order valence-electron chi connectivity index (χ2n) is 8.13. The lowest BCUT2D eigenvalue weighted by Gasteiger charge is -2.12. The molecule has 0 unspecified atom stereocenters. The van der Waals surface area contributed by atoms with Gasteiger partial charge in [-0.15, -0.1) is 0 Å². The first-order valence-corrected chi connectivity index (χ1v) is 12.6. The lowest BCUT2D eigenvalue weighted by Crippen LogP contribution is -1.94. The van der Waals surface area contributed by atoms with E-state index in [2.05, 4.69) is 60.7 Å². The van der Waals surface area contributed by atoms with Gasteiger partial charge in [0.15, 0.2) is 0 Å². The summed E-state index contributed by atoms with van der Waals surface area (Å²) in [5.41, 5.74) is 8.35. The number of hydrogen-bond donors (Lipinski definition) is 0. The molecule has 0 bridgehead atoms. The summed E-state index contributed by atoms with van der Waals surface area (Å²) in [7, 11) is 0. The first-order valence-electron chi connectivity index (χ1n) is 11.5. The Kier molecular flexibility index (Phi) is 8.63. The van der Waals surface area contributed by atoms with Crippen molar-refractivity contribution >= 4 is 47.6 Å². The van der Waals surface area contributed by atoms with E-state index in [9.17, 15) is 9.59 Å². The van der Waals surface area contributed by atoms with Crippen molar-refractivity contribution in [3.63, 3.8) is 0 Å². The highest BCUT2D eigenvalue weighted by atomic mass is 32.2. The molecule has 0 aliphatic rings. The second kappa shape index (κ2) is 12.5. The highest BCUT2D eigenvalue weighted by Gasteiger charge is 2.07. The van der Waals surface area contributed by atoms with Gasteiger partial charge < -0.3 is 0 Å². The average Bonchev–Trinajstić information content (AvgIpc) is 2.93. The van der Waals surface area contributed by atoms with E-state index in [-0.39, 0.29) is 0 Å². The van der Waals surface area contributed by atoms with Gasteiger partial charge in [-0.05, 0) is 33.4 Å². The zero-order chi connectivity index (χ0) is 24.3. The maximum absolute atomic E-state index is 11.0. The first-order chi connectivity index (χ1) is 17.2. The maximum atomic E-state index is 11.0. The van der Waals surface area contributed by atoms with Gasteiger partial charge in [0.1, 0.15) is 12.6 Å². The van der Waals surface area contributed by atoms with Gasteiger partial charge in [-0.3, -0.25) is 9.59 Å². The van der Waals surface area contributed by atoms with Crippen molar-refractivity contribution in [1.82, 2.24) is 0 Å². The van der Waals surface area contributed by atoms with Crippen LogP contribution in [0.15, 0.2) is 109 Å². The SMILES string of the molecule is O=Cc1ccc(C=C(CSCC(=Cc2ccc(C=O)cc2)c2ccccc2)c2ccccc2)cc1. The minimum Gasteiger partial charge on any atom is -0.298 e. The average molecular weight is 475 g/mol. The van der Waals surface area contributed by atoms with Crippen LogP contribution in [-0.2, 0) is 0 Å². The van der Waals surface area contributed by atoms with Crippen LogP contribution < -0.4 is 0 Å². The molecule has 0 radical (unpaired) electrons. The van der Waals surface area contributed by atoms with Gasteiger partial charge in [-0.2, -0.15) is 11.8 Å². The van der Waals surface area contributed by atoms with E-state index < -0.39 is 0 Å². The van der Waals surface area contributed by atoms with E-state index in [1.165, 1.54) is 22.3 Å². The number of benzene rings is 4. The van der Waals surface area contributed by atoms with Crippen molar-refractivity contribution in [2.24, 2.45) is 0 Å². The lowest BCUT2D eigenvalue weighted by molar-refractivity contribution is 0.111. The van der Waals surface area contributed by atoms with Crippen molar-refractivity contribution in [3.05, 3.63) is 143 Å². The summed E-state index contributed by atoms with van der Waals surface area (Å²) >= 11 is 1.86. The number of carbonyl (C=O) groups is 2. The first kappa shape index (κ1) is 24.2.